The van der Waals surface area contributed by atoms with E-state index < -0.39 is 0 Å². The molecule has 0 saturated carbocycles. The van der Waals surface area contributed by atoms with Crippen molar-refractivity contribution in [1.29, 1.82) is 0 Å². The lowest BCUT2D eigenvalue weighted by Crippen LogP contribution is -2.33. The lowest BCUT2D eigenvalue weighted by Gasteiger charge is -2.23. The highest BCUT2D eigenvalue weighted by molar-refractivity contribution is 6.09. The fraction of sp³-hybridized carbons (Fsp3) is 0.130. The topological polar surface area (TPSA) is 67.9 Å². The third-order valence-electron chi connectivity index (χ3n) is 4.52. The summed E-state index contributed by atoms with van der Waals surface area (Å²) in [7, 11) is 0. The van der Waals surface area contributed by atoms with Gasteiger partial charge in [0.25, 0.3) is 0 Å². The van der Waals surface area contributed by atoms with Crippen molar-refractivity contribution in [2.75, 3.05) is 17.0 Å². The van der Waals surface area contributed by atoms with Crippen LogP contribution in [0.2, 0.25) is 0 Å². The Morgan fingerprint density at radius 1 is 0.862 bits per heavy atom. The molecule has 3 aromatic carbocycles. The predicted octanol–water partition coefficient (Wildman–Crippen LogP) is 3.98. The summed E-state index contributed by atoms with van der Waals surface area (Å²) in [6, 6.07) is 24.2. The molecular formula is C23H20N2O4. The third-order valence-corrected chi connectivity index (χ3v) is 4.52. The van der Waals surface area contributed by atoms with Crippen LogP contribution in [0.5, 0.6) is 11.5 Å². The molecule has 0 radical (unpaired) electrons. The van der Waals surface area contributed by atoms with Crippen LogP contribution < -0.4 is 19.7 Å². The van der Waals surface area contributed by atoms with Gasteiger partial charge in [-0.05, 0) is 29.8 Å². The van der Waals surface area contributed by atoms with Crippen molar-refractivity contribution in [2.24, 2.45) is 0 Å². The second-order valence-electron chi connectivity index (χ2n) is 6.59. The lowest BCUT2D eigenvalue weighted by atomic mass is 10.1. The van der Waals surface area contributed by atoms with Crippen LogP contribution in [0.15, 0.2) is 78.9 Å². The number of rotatable bonds is 6. The molecule has 1 heterocycles. The predicted molar refractivity (Wildman–Crippen MR) is 110 cm³/mol. The van der Waals surface area contributed by atoms with Crippen molar-refractivity contribution in [3.05, 3.63) is 84.4 Å². The summed E-state index contributed by atoms with van der Waals surface area (Å²) in [5.74, 6) is 0.544. The van der Waals surface area contributed by atoms with Crippen molar-refractivity contribution in [1.82, 2.24) is 0 Å². The standard InChI is InChI=1S/C23H20N2O4/c26-22(24-18-11-12-20-21(13-18)29-16-28-20)14-23(27)25(19-9-5-2-6-10-19)15-17-7-3-1-4-8-17/h1-13H,14-16H2,(H,24,26). The van der Waals surface area contributed by atoms with Gasteiger partial charge in [0, 0.05) is 17.4 Å². The molecule has 1 N–H and O–H groups in total. The Morgan fingerprint density at radius 3 is 2.31 bits per heavy atom. The number of fused-ring (bicyclic) bond motifs is 1. The van der Waals surface area contributed by atoms with Gasteiger partial charge in [0.2, 0.25) is 18.6 Å². The zero-order valence-corrected chi connectivity index (χ0v) is 15.7. The first-order valence-corrected chi connectivity index (χ1v) is 9.28. The SMILES string of the molecule is O=C(CC(=O)N(Cc1ccccc1)c1ccccc1)Nc1ccc2c(c1)OCO2. The summed E-state index contributed by atoms with van der Waals surface area (Å²) in [6.07, 6.45) is -0.268. The fourth-order valence-electron chi connectivity index (χ4n) is 3.11. The first kappa shape index (κ1) is 18.6. The largest absolute Gasteiger partial charge is 0.454 e. The van der Waals surface area contributed by atoms with E-state index in [0.717, 1.165) is 11.3 Å². The molecular weight excluding hydrogens is 368 g/mol. The van der Waals surface area contributed by atoms with Gasteiger partial charge in [-0.25, -0.2) is 0 Å². The summed E-state index contributed by atoms with van der Waals surface area (Å²) < 4.78 is 10.6. The smallest absolute Gasteiger partial charge is 0.236 e. The van der Waals surface area contributed by atoms with E-state index in [1.807, 2.05) is 60.7 Å². The van der Waals surface area contributed by atoms with E-state index in [4.69, 9.17) is 9.47 Å². The second kappa shape index (κ2) is 8.48. The Hall–Kier alpha value is -3.80. The molecule has 0 fully saturated rings. The number of hydrogen-bond donors (Lipinski definition) is 1. The van der Waals surface area contributed by atoms with Gasteiger partial charge in [0.1, 0.15) is 6.42 Å². The number of carbonyl (C=O) groups excluding carboxylic acids is 2. The molecule has 1 aliphatic heterocycles. The van der Waals surface area contributed by atoms with Crippen LogP contribution in [0, 0.1) is 0 Å². The van der Waals surface area contributed by atoms with Gasteiger partial charge in [0.05, 0.1) is 6.54 Å². The van der Waals surface area contributed by atoms with Gasteiger partial charge in [-0.1, -0.05) is 48.5 Å². The Kier molecular flexibility index (Phi) is 5.42. The number of anilines is 2. The second-order valence-corrected chi connectivity index (χ2v) is 6.59. The molecule has 0 aromatic heterocycles. The van der Waals surface area contributed by atoms with Crippen LogP contribution in [0.25, 0.3) is 0 Å². The number of ether oxygens (including phenoxy) is 2. The van der Waals surface area contributed by atoms with Crippen LogP contribution >= 0.6 is 0 Å². The summed E-state index contributed by atoms with van der Waals surface area (Å²) in [5, 5.41) is 2.75. The number of hydrogen-bond acceptors (Lipinski definition) is 4. The maximum atomic E-state index is 13.0. The van der Waals surface area contributed by atoms with Crippen LogP contribution in [-0.4, -0.2) is 18.6 Å². The van der Waals surface area contributed by atoms with Gasteiger partial charge in [-0.2, -0.15) is 0 Å². The molecule has 1 aliphatic rings. The minimum Gasteiger partial charge on any atom is -0.454 e. The summed E-state index contributed by atoms with van der Waals surface area (Å²) >= 11 is 0. The Labute approximate surface area is 168 Å². The van der Waals surface area contributed by atoms with E-state index >= 15 is 0 Å². The Bertz CT molecular complexity index is 1010. The van der Waals surface area contributed by atoms with Crippen LogP contribution in [0.3, 0.4) is 0 Å². The molecule has 0 aliphatic carbocycles. The van der Waals surface area contributed by atoms with Crippen LogP contribution in [-0.2, 0) is 16.1 Å². The zero-order chi connectivity index (χ0) is 20.1. The maximum absolute atomic E-state index is 13.0. The number of nitrogens with one attached hydrogen (secondary N) is 1. The van der Waals surface area contributed by atoms with Crippen molar-refractivity contribution in [3.63, 3.8) is 0 Å². The highest BCUT2D eigenvalue weighted by Crippen LogP contribution is 2.34. The quantitative estimate of drug-likeness (QED) is 0.649. The highest BCUT2D eigenvalue weighted by Gasteiger charge is 2.20. The molecule has 0 spiro atoms. The van der Waals surface area contributed by atoms with Crippen LogP contribution in [0.4, 0.5) is 11.4 Å². The number of para-hydroxylation sites is 1. The van der Waals surface area contributed by atoms with E-state index in [9.17, 15) is 9.59 Å². The lowest BCUT2D eigenvalue weighted by molar-refractivity contribution is -0.125. The number of nitrogens with zero attached hydrogens (tertiary/aromatic N) is 1. The van der Waals surface area contributed by atoms with E-state index in [-0.39, 0.29) is 25.0 Å². The van der Waals surface area contributed by atoms with E-state index in [0.29, 0.717) is 23.7 Å². The Morgan fingerprint density at radius 2 is 1.55 bits per heavy atom. The molecule has 0 saturated heterocycles. The van der Waals surface area contributed by atoms with Crippen molar-refractivity contribution < 1.29 is 19.1 Å². The van der Waals surface area contributed by atoms with Gasteiger partial charge >= 0.3 is 0 Å². The van der Waals surface area contributed by atoms with Gasteiger partial charge in [0.15, 0.2) is 11.5 Å². The van der Waals surface area contributed by atoms with Crippen molar-refractivity contribution in [2.45, 2.75) is 13.0 Å². The molecule has 4 rings (SSSR count). The zero-order valence-electron chi connectivity index (χ0n) is 15.7. The van der Waals surface area contributed by atoms with Crippen LogP contribution in [0.1, 0.15) is 12.0 Å². The number of carbonyl (C=O) groups is 2. The molecule has 0 unspecified atom stereocenters. The van der Waals surface area contributed by atoms with Gasteiger partial charge in [-0.3, -0.25) is 9.59 Å². The van der Waals surface area contributed by atoms with Crippen molar-refractivity contribution in [3.8, 4) is 11.5 Å². The van der Waals surface area contributed by atoms with Gasteiger partial charge in [-0.15, -0.1) is 0 Å². The monoisotopic (exact) mass is 388 g/mol. The molecule has 2 amide bonds. The summed E-state index contributed by atoms with van der Waals surface area (Å²) in [6.45, 7) is 0.553. The van der Waals surface area contributed by atoms with E-state index in [1.165, 1.54) is 0 Å². The molecule has 0 atom stereocenters. The molecule has 29 heavy (non-hydrogen) atoms. The first-order valence-electron chi connectivity index (χ1n) is 9.28. The third kappa shape index (κ3) is 4.55. The average Bonchev–Trinajstić information content (AvgIpc) is 3.21. The minimum absolute atomic E-state index is 0.163. The molecule has 6 heteroatoms. The molecule has 6 nitrogen and oxygen atoms in total. The number of benzene rings is 3. The first-order chi connectivity index (χ1) is 14.2. The average molecular weight is 388 g/mol. The van der Waals surface area contributed by atoms with E-state index in [2.05, 4.69) is 5.32 Å². The summed E-state index contributed by atoms with van der Waals surface area (Å²) in [4.78, 5) is 27.1. The number of amides is 2. The van der Waals surface area contributed by atoms with Crippen molar-refractivity contribution >= 4 is 23.2 Å². The molecule has 3 aromatic rings. The fourth-order valence-corrected chi connectivity index (χ4v) is 3.11. The maximum Gasteiger partial charge on any atom is 0.236 e. The summed E-state index contributed by atoms with van der Waals surface area (Å²) in [5.41, 5.74) is 2.29. The molecule has 0 bridgehead atoms. The normalized spacial score (nSPS) is 11.7. The van der Waals surface area contributed by atoms with Gasteiger partial charge < -0.3 is 19.7 Å². The minimum atomic E-state index is -0.386. The van der Waals surface area contributed by atoms with E-state index in [1.54, 1.807) is 23.1 Å². The molecule has 146 valence electrons. The highest BCUT2D eigenvalue weighted by atomic mass is 16.7. The Balaban J connectivity index is 1.46.